The molecule has 1 aromatic carbocycles. The normalized spacial score (nSPS) is 11.7. The van der Waals surface area contributed by atoms with Gasteiger partial charge in [-0.25, -0.2) is 0 Å². The number of nitrogens with one attached hydrogen (secondary N) is 3. The Bertz CT molecular complexity index is 730. The van der Waals surface area contributed by atoms with Crippen LogP contribution in [0.25, 0.3) is 0 Å². The molecule has 0 fully saturated rings. The fourth-order valence-electron chi connectivity index (χ4n) is 1.80. The van der Waals surface area contributed by atoms with Crippen LogP contribution in [0.15, 0.2) is 29.4 Å². The van der Waals surface area contributed by atoms with Gasteiger partial charge in [-0.3, -0.25) is 4.79 Å². The second-order valence-electron chi connectivity index (χ2n) is 5.29. The molecule has 25 heavy (non-hydrogen) atoms. The lowest BCUT2D eigenvalue weighted by Gasteiger charge is -2.12. The minimum atomic E-state index is -0.180. The van der Waals surface area contributed by atoms with Crippen molar-refractivity contribution in [3.8, 4) is 0 Å². The average molecular weight is 381 g/mol. The first kappa shape index (κ1) is 19.3. The van der Waals surface area contributed by atoms with E-state index < -0.39 is 0 Å². The smallest absolute Gasteiger partial charge is 0.234 e. The largest absolute Gasteiger partial charge is 0.357 e. The van der Waals surface area contributed by atoms with Crippen LogP contribution >= 0.6 is 23.4 Å². The van der Waals surface area contributed by atoms with E-state index in [4.69, 9.17) is 11.6 Å². The Morgan fingerprint density at radius 2 is 1.96 bits per heavy atom. The summed E-state index contributed by atoms with van der Waals surface area (Å²) in [4.78, 5) is 25.0. The molecule has 1 heterocycles. The summed E-state index contributed by atoms with van der Waals surface area (Å²) in [6, 6.07) is 7.34. The van der Waals surface area contributed by atoms with E-state index in [1.165, 1.54) is 11.8 Å². The van der Waals surface area contributed by atoms with Crippen LogP contribution in [0.4, 0.5) is 17.6 Å². The van der Waals surface area contributed by atoms with E-state index in [0.29, 0.717) is 27.8 Å². The van der Waals surface area contributed by atoms with Gasteiger partial charge in [0.15, 0.2) is 5.16 Å². The summed E-state index contributed by atoms with van der Waals surface area (Å²) in [5.74, 6) is 0.930. The van der Waals surface area contributed by atoms with E-state index >= 15 is 0 Å². The number of carbonyl (C=O) groups is 1. The lowest BCUT2D eigenvalue weighted by molar-refractivity contribution is -0.113. The first-order valence-electron chi connectivity index (χ1n) is 7.89. The van der Waals surface area contributed by atoms with E-state index in [0.717, 1.165) is 6.42 Å². The summed E-state index contributed by atoms with van der Waals surface area (Å²) >= 11 is 7.27. The van der Waals surface area contributed by atoms with Gasteiger partial charge in [-0.05, 0) is 25.5 Å². The van der Waals surface area contributed by atoms with Gasteiger partial charge in [-0.15, -0.1) is 0 Å². The zero-order valence-corrected chi connectivity index (χ0v) is 15.9. The molecule has 0 aliphatic heterocycles. The molecule has 0 unspecified atom stereocenters. The number of nitrogens with zero attached hydrogens (tertiary/aromatic N) is 3. The van der Waals surface area contributed by atoms with Gasteiger partial charge < -0.3 is 16.0 Å². The van der Waals surface area contributed by atoms with Crippen molar-refractivity contribution in [1.29, 1.82) is 0 Å². The highest BCUT2D eigenvalue weighted by molar-refractivity contribution is 7.99. The van der Waals surface area contributed by atoms with Gasteiger partial charge in [-0.2, -0.15) is 15.0 Å². The number of benzene rings is 1. The van der Waals surface area contributed by atoms with Gasteiger partial charge in [0.1, 0.15) is 0 Å². The Balaban J connectivity index is 2.00. The first-order chi connectivity index (χ1) is 12.0. The molecule has 9 heteroatoms. The molecule has 1 aromatic heterocycles. The highest BCUT2D eigenvalue weighted by Crippen LogP contribution is 2.22. The number of amides is 1. The Labute approximate surface area is 156 Å². The van der Waals surface area contributed by atoms with Crippen LogP contribution in [0.1, 0.15) is 20.3 Å². The number of carbonyl (C=O) groups excluding carboxylic acids is 1. The summed E-state index contributed by atoms with van der Waals surface area (Å²) in [5, 5.41) is 9.85. The van der Waals surface area contributed by atoms with E-state index in [9.17, 15) is 4.79 Å². The Morgan fingerprint density at radius 1 is 1.24 bits per heavy atom. The molecular weight excluding hydrogens is 360 g/mol. The maximum absolute atomic E-state index is 12.1. The molecule has 0 spiro atoms. The van der Waals surface area contributed by atoms with Crippen molar-refractivity contribution >= 4 is 46.9 Å². The Kier molecular flexibility index (Phi) is 7.27. The summed E-state index contributed by atoms with van der Waals surface area (Å²) < 4.78 is 0. The second kappa shape index (κ2) is 9.43. The third-order valence-corrected chi connectivity index (χ3v) is 4.48. The van der Waals surface area contributed by atoms with Gasteiger partial charge >= 0.3 is 0 Å². The minimum Gasteiger partial charge on any atom is -0.357 e. The molecule has 0 saturated heterocycles. The van der Waals surface area contributed by atoms with Crippen molar-refractivity contribution in [2.45, 2.75) is 31.5 Å². The highest BCUT2D eigenvalue weighted by atomic mass is 35.5. The molecule has 1 atom stereocenters. The number of anilines is 3. The number of aromatic nitrogens is 3. The fraction of sp³-hybridized carbons (Fsp3) is 0.375. The number of thioether (sulfide) groups is 1. The van der Waals surface area contributed by atoms with Crippen molar-refractivity contribution in [2.24, 2.45) is 0 Å². The van der Waals surface area contributed by atoms with Crippen LogP contribution in [0.2, 0.25) is 5.02 Å². The third kappa shape index (κ3) is 6.06. The van der Waals surface area contributed by atoms with Gasteiger partial charge in [0.2, 0.25) is 17.8 Å². The lowest BCUT2D eigenvalue weighted by atomic mass is 10.3. The summed E-state index contributed by atoms with van der Waals surface area (Å²) in [7, 11) is 1.74. The number of halogens is 1. The quantitative estimate of drug-likeness (QED) is 0.603. The topological polar surface area (TPSA) is 91.8 Å². The third-order valence-electron chi connectivity index (χ3n) is 3.31. The van der Waals surface area contributed by atoms with Crippen molar-refractivity contribution in [3.05, 3.63) is 29.3 Å². The van der Waals surface area contributed by atoms with Gasteiger partial charge in [0, 0.05) is 13.1 Å². The van der Waals surface area contributed by atoms with Gasteiger partial charge in [0.05, 0.1) is 16.5 Å². The van der Waals surface area contributed by atoms with Crippen molar-refractivity contribution in [3.63, 3.8) is 0 Å². The zero-order chi connectivity index (χ0) is 18.2. The van der Waals surface area contributed by atoms with E-state index in [2.05, 4.69) is 37.8 Å². The van der Waals surface area contributed by atoms with E-state index in [1.807, 2.05) is 19.1 Å². The first-order valence-corrected chi connectivity index (χ1v) is 9.25. The molecule has 134 valence electrons. The highest BCUT2D eigenvalue weighted by Gasteiger charge is 2.11. The zero-order valence-electron chi connectivity index (χ0n) is 14.3. The van der Waals surface area contributed by atoms with Gasteiger partial charge in [-0.1, -0.05) is 42.4 Å². The fourth-order valence-corrected chi connectivity index (χ4v) is 2.62. The molecule has 0 radical (unpaired) electrons. The van der Waals surface area contributed by atoms with Crippen LogP contribution in [-0.4, -0.2) is 39.7 Å². The maximum Gasteiger partial charge on any atom is 0.234 e. The average Bonchev–Trinajstić information content (AvgIpc) is 2.61. The molecule has 0 bridgehead atoms. The van der Waals surface area contributed by atoms with Crippen LogP contribution in [-0.2, 0) is 4.79 Å². The maximum atomic E-state index is 12.1. The molecule has 2 aromatic rings. The molecule has 1 amide bonds. The summed E-state index contributed by atoms with van der Waals surface area (Å²) in [6.45, 7) is 4.12. The molecule has 0 aliphatic carbocycles. The van der Waals surface area contributed by atoms with Crippen LogP contribution < -0.4 is 16.0 Å². The second-order valence-corrected chi connectivity index (χ2v) is 6.64. The number of para-hydroxylation sites is 1. The monoisotopic (exact) mass is 380 g/mol. The van der Waals surface area contributed by atoms with Crippen molar-refractivity contribution < 1.29 is 4.79 Å². The predicted molar refractivity (Wildman–Crippen MR) is 104 cm³/mol. The summed E-state index contributed by atoms with van der Waals surface area (Å²) in [6.07, 6.45) is 0.948. The van der Waals surface area contributed by atoms with Crippen LogP contribution in [0.5, 0.6) is 0 Å². The van der Waals surface area contributed by atoms with E-state index in [1.54, 1.807) is 19.2 Å². The molecule has 0 aliphatic rings. The van der Waals surface area contributed by atoms with Gasteiger partial charge in [0.25, 0.3) is 0 Å². The lowest BCUT2D eigenvalue weighted by Crippen LogP contribution is -2.18. The Morgan fingerprint density at radius 3 is 2.64 bits per heavy atom. The molecule has 3 N–H and O–H groups in total. The molecular formula is C16H21ClN6OS. The standard InChI is InChI=1S/C16H21ClN6OS/c1-4-10(2)19-15-21-14(18-3)22-16(23-15)25-9-13(24)20-12-8-6-5-7-11(12)17/h5-8,10H,4,9H2,1-3H3,(H,20,24)(H2,18,19,21,22,23)/t10-/m0/s1. The SMILES string of the molecule is CC[C@H](C)Nc1nc(NC)nc(SCC(=O)Nc2ccccc2Cl)n1. The van der Waals surface area contributed by atoms with Crippen LogP contribution in [0, 0.1) is 0 Å². The van der Waals surface area contributed by atoms with E-state index in [-0.39, 0.29) is 17.7 Å². The summed E-state index contributed by atoms with van der Waals surface area (Å²) in [5.41, 5.74) is 0.584. The van der Waals surface area contributed by atoms with Crippen molar-refractivity contribution in [1.82, 2.24) is 15.0 Å². The number of hydrogen-bond donors (Lipinski definition) is 3. The predicted octanol–water partition coefficient (Wildman–Crippen LogP) is 3.51. The number of rotatable bonds is 8. The Hall–Kier alpha value is -2.06. The minimum absolute atomic E-state index is 0.168. The van der Waals surface area contributed by atoms with Crippen LogP contribution in [0.3, 0.4) is 0 Å². The molecule has 0 saturated carbocycles. The molecule has 7 nitrogen and oxygen atoms in total. The molecule has 2 rings (SSSR count). The van der Waals surface area contributed by atoms with Crippen molar-refractivity contribution in [2.75, 3.05) is 28.8 Å². The number of hydrogen-bond acceptors (Lipinski definition) is 7.